The van der Waals surface area contributed by atoms with Crippen molar-refractivity contribution in [1.29, 1.82) is 0 Å². The van der Waals surface area contributed by atoms with Gasteiger partial charge in [-0.25, -0.2) is 12.8 Å². The molecule has 0 saturated heterocycles. The highest BCUT2D eigenvalue weighted by atomic mass is 32.2. The number of halogens is 1. The molecule has 0 bridgehead atoms. The van der Waals surface area contributed by atoms with Crippen LogP contribution in [0.5, 0.6) is 0 Å². The van der Waals surface area contributed by atoms with Gasteiger partial charge in [0.2, 0.25) is 15.9 Å². The Bertz CT molecular complexity index is 879. The second-order valence-electron chi connectivity index (χ2n) is 6.12. The molecule has 6 nitrogen and oxygen atoms in total. The summed E-state index contributed by atoms with van der Waals surface area (Å²) in [5, 5.41) is 2.57. The molecule has 0 saturated carbocycles. The Morgan fingerprint density at radius 2 is 2.00 bits per heavy atom. The molecule has 1 amide bonds. The van der Waals surface area contributed by atoms with Crippen LogP contribution in [-0.4, -0.2) is 36.8 Å². The van der Waals surface area contributed by atoms with E-state index in [4.69, 9.17) is 0 Å². The Morgan fingerprint density at radius 1 is 1.24 bits per heavy atom. The van der Waals surface area contributed by atoms with Crippen LogP contribution in [0.4, 0.5) is 4.39 Å². The van der Waals surface area contributed by atoms with E-state index in [0.717, 1.165) is 11.8 Å². The number of carbonyl (C=O) groups excluding carboxylic acids is 1. The van der Waals surface area contributed by atoms with Gasteiger partial charge in [-0.3, -0.25) is 4.79 Å². The number of hydrogen-bond donors (Lipinski definition) is 1. The normalized spacial score (nSPS) is 18.4. The molecule has 1 aromatic carbocycles. The quantitative estimate of drug-likeness (QED) is 0.894. The van der Waals surface area contributed by atoms with Crippen LogP contribution in [-0.2, 0) is 27.9 Å². The third-order valence-corrected chi connectivity index (χ3v) is 6.23. The first-order chi connectivity index (χ1) is 11.9. The van der Waals surface area contributed by atoms with E-state index in [1.807, 2.05) is 22.9 Å². The molecule has 0 fully saturated rings. The van der Waals surface area contributed by atoms with Gasteiger partial charge >= 0.3 is 0 Å². The summed E-state index contributed by atoms with van der Waals surface area (Å²) in [6, 6.07) is 9.03. The van der Waals surface area contributed by atoms with Gasteiger partial charge in [-0.15, -0.1) is 0 Å². The first-order valence-electron chi connectivity index (χ1n) is 8.01. The number of sulfonamides is 1. The molecule has 2 heterocycles. The average Bonchev–Trinajstić information content (AvgIpc) is 2.93. The summed E-state index contributed by atoms with van der Waals surface area (Å²) in [4.78, 5) is 11.4. The van der Waals surface area contributed by atoms with E-state index < -0.39 is 15.8 Å². The fourth-order valence-corrected chi connectivity index (χ4v) is 4.66. The summed E-state index contributed by atoms with van der Waals surface area (Å²) in [6.45, 7) is 0.846. The summed E-state index contributed by atoms with van der Waals surface area (Å²) >= 11 is 0. The summed E-state index contributed by atoms with van der Waals surface area (Å²) in [6.07, 6.45) is 2.07. The number of nitrogens with one attached hydrogen (secondary N) is 1. The Kier molecular flexibility index (Phi) is 4.91. The van der Waals surface area contributed by atoms with Gasteiger partial charge in [-0.05, 0) is 30.2 Å². The SMILES string of the molecule is CNC(=O)CC1CN(S(=O)(=O)c2ccccc2F)Cc2cccn2C1. The van der Waals surface area contributed by atoms with Gasteiger partial charge in [-0.2, -0.15) is 4.31 Å². The second kappa shape index (κ2) is 6.97. The molecule has 134 valence electrons. The molecule has 0 aliphatic carbocycles. The molecule has 1 aliphatic rings. The lowest BCUT2D eigenvalue weighted by molar-refractivity contribution is -0.121. The lowest BCUT2D eigenvalue weighted by Gasteiger charge is -2.23. The van der Waals surface area contributed by atoms with Crippen molar-refractivity contribution < 1.29 is 17.6 Å². The molecular weight excluding hydrogens is 345 g/mol. The van der Waals surface area contributed by atoms with Crippen LogP contribution in [0.1, 0.15) is 12.1 Å². The summed E-state index contributed by atoms with van der Waals surface area (Å²) in [5.41, 5.74) is 0.819. The third-order valence-electron chi connectivity index (χ3n) is 4.39. The van der Waals surface area contributed by atoms with E-state index in [9.17, 15) is 17.6 Å². The Balaban J connectivity index is 1.97. The molecule has 8 heteroatoms. The van der Waals surface area contributed by atoms with Crippen molar-refractivity contribution in [2.45, 2.75) is 24.4 Å². The van der Waals surface area contributed by atoms with Crippen molar-refractivity contribution >= 4 is 15.9 Å². The second-order valence-corrected chi connectivity index (χ2v) is 8.03. The minimum absolute atomic E-state index is 0.147. The van der Waals surface area contributed by atoms with Crippen molar-refractivity contribution in [2.24, 2.45) is 5.92 Å². The molecular formula is C17H20FN3O3S. The minimum atomic E-state index is -4.00. The van der Waals surface area contributed by atoms with E-state index >= 15 is 0 Å². The molecule has 1 N–H and O–H groups in total. The molecule has 0 radical (unpaired) electrons. The molecule has 2 aromatic rings. The van der Waals surface area contributed by atoms with Crippen molar-refractivity contribution in [2.75, 3.05) is 13.6 Å². The highest BCUT2D eigenvalue weighted by Gasteiger charge is 2.33. The van der Waals surface area contributed by atoms with E-state index in [1.165, 1.54) is 22.5 Å². The summed E-state index contributed by atoms with van der Waals surface area (Å²) < 4.78 is 43.2. The molecule has 1 atom stereocenters. The molecule has 25 heavy (non-hydrogen) atoms. The van der Waals surface area contributed by atoms with E-state index in [1.54, 1.807) is 7.05 Å². The average molecular weight is 365 g/mol. The molecule has 1 aromatic heterocycles. The van der Waals surface area contributed by atoms with Crippen LogP contribution in [0.2, 0.25) is 0 Å². The predicted octanol–water partition coefficient (Wildman–Crippen LogP) is 1.58. The third kappa shape index (κ3) is 3.59. The maximum Gasteiger partial charge on any atom is 0.246 e. The number of carbonyl (C=O) groups is 1. The zero-order valence-corrected chi connectivity index (χ0v) is 14.7. The number of fused-ring (bicyclic) bond motifs is 1. The molecule has 1 unspecified atom stereocenters. The van der Waals surface area contributed by atoms with Crippen LogP contribution >= 0.6 is 0 Å². The first kappa shape index (κ1) is 17.6. The Morgan fingerprint density at radius 3 is 2.72 bits per heavy atom. The summed E-state index contributed by atoms with van der Waals surface area (Å²) in [5.74, 6) is -1.12. The van der Waals surface area contributed by atoms with Crippen LogP contribution in [0.3, 0.4) is 0 Å². The molecule has 1 aliphatic heterocycles. The standard InChI is InChI=1S/C17H20FN3O3S/c1-19-17(22)9-13-10-20-8-4-5-14(20)12-21(11-13)25(23,24)16-7-3-2-6-15(16)18/h2-8,13H,9-12H2,1H3,(H,19,22). The number of nitrogens with zero attached hydrogens (tertiary/aromatic N) is 2. The predicted molar refractivity (Wildman–Crippen MR) is 90.6 cm³/mol. The van der Waals surface area contributed by atoms with Gasteiger partial charge in [0.15, 0.2) is 0 Å². The van der Waals surface area contributed by atoms with Gasteiger partial charge in [0.05, 0.1) is 6.54 Å². The van der Waals surface area contributed by atoms with Crippen molar-refractivity contribution in [3.63, 3.8) is 0 Å². The maximum absolute atomic E-state index is 14.1. The van der Waals surface area contributed by atoms with Gasteiger partial charge in [-0.1, -0.05) is 12.1 Å². The fraction of sp³-hybridized carbons (Fsp3) is 0.353. The molecule has 3 rings (SSSR count). The highest BCUT2D eigenvalue weighted by molar-refractivity contribution is 7.89. The van der Waals surface area contributed by atoms with E-state index in [-0.39, 0.29) is 36.2 Å². The lowest BCUT2D eigenvalue weighted by atomic mass is 10.1. The topological polar surface area (TPSA) is 71.4 Å². The smallest absolute Gasteiger partial charge is 0.246 e. The van der Waals surface area contributed by atoms with Crippen LogP contribution in [0.25, 0.3) is 0 Å². The molecule has 0 spiro atoms. The van der Waals surface area contributed by atoms with Crippen LogP contribution < -0.4 is 5.32 Å². The van der Waals surface area contributed by atoms with Gasteiger partial charge in [0.1, 0.15) is 10.7 Å². The number of hydrogen-bond acceptors (Lipinski definition) is 3. The van der Waals surface area contributed by atoms with Gasteiger partial charge in [0, 0.05) is 38.4 Å². The van der Waals surface area contributed by atoms with Gasteiger partial charge < -0.3 is 9.88 Å². The van der Waals surface area contributed by atoms with Crippen LogP contribution in [0.15, 0.2) is 47.5 Å². The Hall–Kier alpha value is -2.19. The minimum Gasteiger partial charge on any atom is -0.359 e. The number of amides is 1. The van der Waals surface area contributed by atoms with E-state index in [0.29, 0.717) is 6.54 Å². The monoisotopic (exact) mass is 365 g/mol. The Labute approximate surface area is 146 Å². The highest BCUT2D eigenvalue weighted by Crippen LogP contribution is 2.26. The zero-order chi connectivity index (χ0) is 18.0. The van der Waals surface area contributed by atoms with Crippen molar-refractivity contribution in [1.82, 2.24) is 14.2 Å². The largest absolute Gasteiger partial charge is 0.359 e. The maximum atomic E-state index is 14.1. The fourth-order valence-electron chi connectivity index (χ4n) is 3.11. The van der Waals surface area contributed by atoms with Crippen molar-refractivity contribution in [3.8, 4) is 0 Å². The number of rotatable bonds is 4. The zero-order valence-electron chi connectivity index (χ0n) is 13.9. The first-order valence-corrected chi connectivity index (χ1v) is 9.45. The lowest BCUT2D eigenvalue weighted by Crippen LogP contribution is -2.36. The van der Waals surface area contributed by atoms with Crippen molar-refractivity contribution in [3.05, 3.63) is 54.1 Å². The number of aromatic nitrogens is 1. The number of benzene rings is 1. The van der Waals surface area contributed by atoms with Gasteiger partial charge in [0.25, 0.3) is 0 Å². The summed E-state index contributed by atoms with van der Waals surface area (Å²) in [7, 11) is -2.45. The van der Waals surface area contributed by atoms with E-state index in [2.05, 4.69) is 5.32 Å². The van der Waals surface area contributed by atoms with Crippen LogP contribution in [0, 0.1) is 11.7 Å².